The highest BCUT2D eigenvalue weighted by Gasteiger charge is 2.41. The summed E-state index contributed by atoms with van der Waals surface area (Å²) in [5, 5.41) is 2.77. The zero-order valence-electron chi connectivity index (χ0n) is 16.4. The van der Waals surface area contributed by atoms with Crippen molar-refractivity contribution in [2.24, 2.45) is 5.92 Å². The normalized spacial score (nSPS) is 25.1. The van der Waals surface area contributed by atoms with Gasteiger partial charge in [0.05, 0.1) is 19.1 Å². The van der Waals surface area contributed by atoms with Crippen LogP contribution in [0.2, 0.25) is 0 Å². The van der Waals surface area contributed by atoms with Crippen molar-refractivity contribution in [2.75, 3.05) is 19.5 Å². The minimum atomic E-state index is -4.16. The van der Waals surface area contributed by atoms with Gasteiger partial charge in [0.15, 0.2) is 0 Å². The molecule has 1 saturated carbocycles. The molecule has 9 heteroatoms. The molecule has 0 unspecified atom stereocenters. The molecule has 1 heterocycles. The second-order valence-electron chi connectivity index (χ2n) is 7.58. The summed E-state index contributed by atoms with van der Waals surface area (Å²) < 4.78 is 49.6. The van der Waals surface area contributed by atoms with Gasteiger partial charge in [-0.1, -0.05) is 0 Å². The molecule has 3 rings (SSSR count). The molecule has 2 fully saturated rings. The Labute approximate surface area is 167 Å². The third-order valence-corrected chi connectivity index (χ3v) is 5.62. The van der Waals surface area contributed by atoms with Crippen LogP contribution in [0.3, 0.4) is 0 Å². The van der Waals surface area contributed by atoms with Gasteiger partial charge in [-0.2, -0.15) is 13.2 Å². The van der Waals surface area contributed by atoms with E-state index in [1.165, 1.54) is 12.0 Å². The Morgan fingerprint density at radius 1 is 1.10 bits per heavy atom. The lowest BCUT2D eigenvalue weighted by Crippen LogP contribution is -2.38. The fraction of sp³-hybridized carbons (Fsp3) is 0.600. The van der Waals surface area contributed by atoms with E-state index in [-0.39, 0.29) is 30.8 Å². The quantitative estimate of drug-likeness (QED) is 0.797. The SMILES string of the molecule is COc1cc(NC(=O)[C@H]2CCC(=O)N2C)cc(OC2CCC(C(F)(F)F)CC2)c1. The van der Waals surface area contributed by atoms with E-state index in [0.717, 1.165) is 0 Å². The first-order valence-corrected chi connectivity index (χ1v) is 9.66. The number of methoxy groups -OCH3 is 1. The number of nitrogens with one attached hydrogen (secondary N) is 1. The Balaban J connectivity index is 1.65. The molecule has 0 spiro atoms. The first kappa shape index (κ1) is 21.3. The Morgan fingerprint density at radius 3 is 2.31 bits per heavy atom. The molecular weight excluding hydrogens is 389 g/mol. The lowest BCUT2D eigenvalue weighted by molar-refractivity contribution is -0.185. The van der Waals surface area contributed by atoms with Crippen molar-refractivity contribution >= 4 is 17.5 Å². The van der Waals surface area contributed by atoms with Crippen LogP contribution in [-0.4, -0.2) is 49.2 Å². The van der Waals surface area contributed by atoms with Gasteiger partial charge in [0.25, 0.3) is 0 Å². The van der Waals surface area contributed by atoms with Gasteiger partial charge in [-0.05, 0) is 32.1 Å². The number of likely N-dealkylation sites (tertiary alicyclic amines) is 1. The maximum atomic E-state index is 12.8. The fourth-order valence-corrected chi connectivity index (χ4v) is 3.87. The summed E-state index contributed by atoms with van der Waals surface area (Å²) in [6.07, 6.45) is -2.96. The van der Waals surface area contributed by atoms with Crippen molar-refractivity contribution in [1.29, 1.82) is 0 Å². The molecule has 1 aromatic carbocycles. The Morgan fingerprint density at radius 2 is 1.76 bits per heavy atom. The minimum Gasteiger partial charge on any atom is -0.497 e. The number of alkyl halides is 3. The van der Waals surface area contributed by atoms with Crippen LogP contribution in [0.1, 0.15) is 38.5 Å². The number of likely N-dealkylation sites (N-methyl/N-ethyl adjacent to an activating group) is 1. The number of anilines is 1. The van der Waals surface area contributed by atoms with Crippen LogP contribution in [0.25, 0.3) is 0 Å². The smallest absolute Gasteiger partial charge is 0.391 e. The summed E-state index contributed by atoms with van der Waals surface area (Å²) in [4.78, 5) is 25.6. The van der Waals surface area contributed by atoms with E-state index in [9.17, 15) is 22.8 Å². The van der Waals surface area contributed by atoms with Gasteiger partial charge < -0.3 is 19.7 Å². The van der Waals surface area contributed by atoms with Crippen LogP contribution in [-0.2, 0) is 9.59 Å². The molecule has 0 radical (unpaired) electrons. The van der Waals surface area contributed by atoms with Crippen LogP contribution in [0.4, 0.5) is 18.9 Å². The highest BCUT2D eigenvalue weighted by molar-refractivity contribution is 5.99. The summed E-state index contributed by atoms with van der Waals surface area (Å²) >= 11 is 0. The number of hydrogen-bond donors (Lipinski definition) is 1. The number of nitrogens with zero attached hydrogens (tertiary/aromatic N) is 1. The summed E-state index contributed by atoms with van der Waals surface area (Å²) in [6, 6.07) is 4.35. The second-order valence-corrected chi connectivity index (χ2v) is 7.58. The van der Waals surface area contributed by atoms with Crippen molar-refractivity contribution in [1.82, 2.24) is 4.90 Å². The minimum absolute atomic E-state index is 0.0454. The molecule has 29 heavy (non-hydrogen) atoms. The zero-order valence-corrected chi connectivity index (χ0v) is 16.4. The standard InChI is InChI=1S/C20H25F3N2O4/c1-25-17(7-8-18(25)26)19(27)24-13-9-15(28-2)11-16(10-13)29-14-5-3-12(4-6-14)20(21,22)23/h9-12,14,17H,3-8H2,1-2H3,(H,24,27)/t12?,14?,17-/m1/s1. The molecule has 0 bridgehead atoms. The predicted octanol–water partition coefficient (Wildman–Crippen LogP) is 3.75. The number of carbonyl (C=O) groups is 2. The molecule has 0 aromatic heterocycles. The van der Waals surface area contributed by atoms with E-state index in [1.54, 1.807) is 25.2 Å². The van der Waals surface area contributed by atoms with Gasteiger partial charge in [0.2, 0.25) is 11.8 Å². The lowest BCUT2D eigenvalue weighted by Gasteiger charge is -2.30. The average molecular weight is 414 g/mol. The molecule has 160 valence electrons. The van der Waals surface area contributed by atoms with Crippen LogP contribution < -0.4 is 14.8 Å². The summed E-state index contributed by atoms with van der Waals surface area (Å²) in [5.74, 6) is -0.769. The molecule has 1 atom stereocenters. The third kappa shape index (κ3) is 5.13. The van der Waals surface area contributed by atoms with Crippen LogP contribution in [0.5, 0.6) is 11.5 Å². The van der Waals surface area contributed by atoms with E-state index >= 15 is 0 Å². The van der Waals surface area contributed by atoms with Gasteiger partial charge >= 0.3 is 6.18 Å². The second kappa shape index (κ2) is 8.51. The average Bonchev–Trinajstić information content (AvgIpc) is 3.00. The van der Waals surface area contributed by atoms with Crippen molar-refractivity contribution in [3.05, 3.63) is 18.2 Å². The number of halogens is 3. The molecule has 1 N–H and O–H groups in total. The number of ether oxygens (including phenoxy) is 2. The number of amides is 2. The van der Waals surface area contributed by atoms with Gasteiger partial charge in [-0.15, -0.1) is 0 Å². The van der Waals surface area contributed by atoms with Crippen molar-refractivity contribution < 1.29 is 32.2 Å². The number of rotatable bonds is 5. The van der Waals surface area contributed by atoms with Crippen molar-refractivity contribution in [3.63, 3.8) is 0 Å². The van der Waals surface area contributed by atoms with Crippen LogP contribution in [0.15, 0.2) is 18.2 Å². The monoisotopic (exact) mass is 414 g/mol. The first-order valence-electron chi connectivity index (χ1n) is 9.66. The van der Waals surface area contributed by atoms with E-state index < -0.39 is 18.1 Å². The molecular formula is C20H25F3N2O4. The molecule has 6 nitrogen and oxygen atoms in total. The van der Waals surface area contributed by atoms with Gasteiger partial charge in [0, 0.05) is 37.4 Å². The predicted molar refractivity (Wildman–Crippen MR) is 99.8 cm³/mol. The highest BCUT2D eigenvalue weighted by Crippen LogP contribution is 2.39. The summed E-state index contributed by atoms with van der Waals surface area (Å²) in [7, 11) is 3.07. The number of benzene rings is 1. The molecule has 1 aromatic rings. The topological polar surface area (TPSA) is 67.9 Å². The van der Waals surface area contributed by atoms with Gasteiger partial charge in [0.1, 0.15) is 17.5 Å². The maximum absolute atomic E-state index is 12.8. The fourth-order valence-electron chi connectivity index (χ4n) is 3.87. The Bertz CT molecular complexity index is 761. The van der Waals surface area contributed by atoms with Crippen LogP contribution in [0, 0.1) is 5.92 Å². The Hall–Kier alpha value is -2.45. The van der Waals surface area contributed by atoms with E-state index in [0.29, 0.717) is 42.9 Å². The van der Waals surface area contributed by atoms with Crippen molar-refractivity contribution in [2.45, 2.75) is 56.8 Å². The summed E-state index contributed by atoms with van der Waals surface area (Å²) in [5.41, 5.74) is 0.445. The van der Waals surface area contributed by atoms with E-state index in [4.69, 9.17) is 9.47 Å². The number of hydrogen-bond acceptors (Lipinski definition) is 4. The molecule has 1 aliphatic carbocycles. The largest absolute Gasteiger partial charge is 0.497 e. The third-order valence-electron chi connectivity index (χ3n) is 5.62. The summed E-state index contributed by atoms with van der Waals surface area (Å²) in [6.45, 7) is 0. The molecule has 2 aliphatic rings. The van der Waals surface area contributed by atoms with Crippen molar-refractivity contribution in [3.8, 4) is 11.5 Å². The molecule has 1 saturated heterocycles. The maximum Gasteiger partial charge on any atom is 0.391 e. The van der Waals surface area contributed by atoms with E-state index in [1.807, 2.05) is 0 Å². The van der Waals surface area contributed by atoms with E-state index in [2.05, 4.69) is 5.32 Å². The molecule has 1 aliphatic heterocycles. The molecule has 2 amide bonds. The lowest BCUT2D eigenvalue weighted by atomic mass is 9.87. The van der Waals surface area contributed by atoms with Gasteiger partial charge in [-0.3, -0.25) is 9.59 Å². The van der Waals surface area contributed by atoms with Crippen LogP contribution >= 0.6 is 0 Å². The first-order chi connectivity index (χ1) is 13.7. The van der Waals surface area contributed by atoms with Gasteiger partial charge in [-0.25, -0.2) is 0 Å². The zero-order chi connectivity index (χ0) is 21.2. The number of carbonyl (C=O) groups excluding carboxylic acids is 2. The Kier molecular flexibility index (Phi) is 6.24. The highest BCUT2D eigenvalue weighted by atomic mass is 19.4.